The van der Waals surface area contributed by atoms with Crippen LogP contribution in [0.5, 0.6) is 0 Å². The predicted octanol–water partition coefficient (Wildman–Crippen LogP) is 1.99. The number of rotatable bonds is 6. The third kappa shape index (κ3) is 5.79. The highest BCUT2D eigenvalue weighted by Crippen LogP contribution is 2.37. The molecular formula is C23H31F2N3O7S. The Morgan fingerprint density at radius 1 is 1.14 bits per heavy atom. The molecule has 1 aromatic carbocycles. The topological polar surface area (TPSA) is 125 Å². The number of carbonyl (C=O) groups is 2. The monoisotopic (exact) mass is 531 g/mol. The molecule has 200 valence electrons. The molecule has 0 spiro atoms. The number of benzene rings is 1. The second-order valence-electron chi connectivity index (χ2n) is 9.67. The molecule has 1 aromatic rings. The van der Waals surface area contributed by atoms with Crippen LogP contribution in [0.25, 0.3) is 0 Å². The van der Waals surface area contributed by atoms with E-state index in [0.29, 0.717) is 32.5 Å². The van der Waals surface area contributed by atoms with E-state index in [0.717, 1.165) is 18.2 Å². The Morgan fingerprint density at radius 2 is 1.83 bits per heavy atom. The van der Waals surface area contributed by atoms with Gasteiger partial charge in [-0.1, -0.05) is 0 Å². The number of piperidine rings is 2. The van der Waals surface area contributed by atoms with E-state index >= 15 is 0 Å². The Kier molecular flexibility index (Phi) is 8.12. The Hall–Kier alpha value is -2.35. The lowest BCUT2D eigenvalue weighted by Gasteiger charge is -2.41. The van der Waals surface area contributed by atoms with Crippen LogP contribution in [0.4, 0.5) is 13.6 Å². The first kappa shape index (κ1) is 26.7. The molecular weight excluding hydrogens is 500 g/mol. The molecule has 3 saturated heterocycles. The zero-order valence-corrected chi connectivity index (χ0v) is 20.6. The molecule has 0 bridgehead atoms. The molecule has 1 atom stereocenters. The molecule has 0 radical (unpaired) electrons. The van der Waals surface area contributed by atoms with Gasteiger partial charge in [0.25, 0.3) is 5.91 Å². The summed E-state index contributed by atoms with van der Waals surface area (Å²) in [6.45, 7) is 1.23. The molecule has 0 aliphatic carbocycles. The van der Waals surface area contributed by atoms with Crippen molar-refractivity contribution in [2.75, 3.05) is 45.1 Å². The van der Waals surface area contributed by atoms with Crippen molar-refractivity contribution >= 4 is 22.0 Å². The number of ether oxygens (including phenoxy) is 2. The average molecular weight is 532 g/mol. The summed E-state index contributed by atoms with van der Waals surface area (Å²) in [5.41, 5.74) is 0.398. The summed E-state index contributed by atoms with van der Waals surface area (Å²) in [5, 5.41) is 9.34. The van der Waals surface area contributed by atoms with Crippen LogP contribution in [0.15, 0.2) is 18.2 Å². The maximum absolute atomic E-state index is 14.2. The summed E-state index contributed by atoms with van der Waals surface area (Å²) in [7, 11) is -3.93. The largest absolute Gasteiger partial charge is 0.444 e. The second-order valence-corrected chi connectivity index (χ2v) is 11.6. The molecule has 2 N–H and O–H groups in total. The van der Waals surface area contributed by atoms with Gasteiger partial charge in [0.2, 0.25) is 10.0 Å². The number of carbonyl (C=O) groups excluding carboxylic acids is 2. The summed E-state index contributed by atoms with van der Waals surface area (Å²) in [6, 6.07) is 3.25. The van der Waals surface area contributed by atoms with Crippen LogP contribution in [0.3, 0.4) is 0 Å². The quantitative estimate of drug-likeness (QED) is 0.425. The van der Waals surface area contributed by atoms with E-state index in [1.807, 2.05) is 0 Å². The number of nitrogens with one attached hydrogen (secondary N) is 1. The number of hydrogen-bond donors (Lipinski definition) is 2. The smallest absolute Gasteiger partial charge is 0.410 e. The number of likely N-dealkylation sites (tertiary alicyclic amines) is 1. The van der Waals surface area contributed by atoms with E-state index in [9.17, 15) is 32.0 Å². The lowest BCUT2D eigenvalue weighted by Crippen LogP contribution is -2.55. The van der Waals surface area contributed by atoms with E-state index in [-0.39, 0.29) is 56.6 Å². The first-order valence-corrected chi connectivity index (χ1v) is 13.6. The van der Waals surface area contributed by atoms with Gasteiger partial charge >= 0.3 is 6.09 Å². The zero-order chi connectivity index (χ0) is 25.9. The van der Waals surface area contributed by atoms with Gasteiger partial charge in [-0.25, -0.2) is 31.8 Å². The first-order chi connectivity index (χ1) is 17.1. The number of halogens is 2. The maximum atomic E-state index is 14.2. The van der Waals surface area contributed by atoms with Gasteiger partial charge < -0.3 is 14.4 Å². The minimum Gasteiger partial charge on any atom is -0.444 e. The second kappa shape index (κ2) is 11.0. The molecule has 36 heavy (non-hydrogen) atoms. The summed E-state index contributed by atoms with van der Waals surface area (Å²) < 4.78 is 66.2. The fourth-order valence-corrected chi connectivity index (χ4v) is 7.28. The molecule has 13 heteroatoms. The Labute approximate surface area is 208 Å². The van der Waals surface area contributed by atoms with Crippen molar-refractivity contribution in [3.63, 3.8) is 0 Å². The van der Waals surface area contributed by atoms with Crippen LogP contribution in [0.2, 0.25) is 0 Å². The normalized spacial score (nSPS) is 23.4. The third-order valence-corrected chi connectivity index (χ3v) is 9.49. The fourth-order valence-electron chi connectivity index (χ4n) is 5.21. The zero-order valence-electron chi connectivity index (χ0n) is 19.8. The fraction of sp³-hybridized carbons (Fsp3) is 0.652. The predicted molar refractivity (Wildman–Crippen MR) is 123 cm³/mol. The highest BCUT2D eigenvalue weighted by atomic mass is 32.2. The highest BCUT2D eigenvalue weighted by molar-refractivity contribution is 7.89. The number of amides is 2. The third-order valence-electron chi connectivity index (χ3n) is 7.42. The van der Waals surface area contributed by atoms with Crippen LogP contribution >= 0.6 is 0 Å². The van der Waals surface area contributed by atoms with Crippen molar-refractivity contribution in [2.45, 2.75) is 44.1 Å². The van der Waals surface area contributed by atoms with Gasteiger partial charge in [0.1, 0.15) is 17.7 Å². The van der Waals surface area contributed by atoms with Crippen LogP contribution in [-0.2, 0) is 24.3 Å². The van der Waals surface area contributed by atoms with Gasteiger partial charge in [-0.15, -0.1) is 0 Å². The van der Waals surface area contributed by atoms with Crippen LogP contribution in [0.1, 0.15) is 43.6 Å². The molecule has 0 saturated carbocycles. The SMILES string of the molecule is O=C(O[C@H]1CCOC1)N1CCC(CS(=O)(=O)N2CCC(c3cc(F)ccc3F)CC2)(C(=O)NO)CC1. The van der Waals surface area contributed by atoms with Crippen LogP contribution in [0, 0.1) is 17.0 Å². The molecule has 4 rings (SSSR count). The van der Waals surface area contributed by atoms with E-state index in [1.54, 1.807) is 5.48 Å². The van der Waals surface area contributed by atoms with Gasteiger partial charge in [0, 0.05) is 32.6 Å². The Morgan fingerprint density at radius 3 is 2.44 bits per heavy atom. The molecule has 0 unspecified atom stereocenters. The molecule has 10 nitrogen and oxygen atoms in total. The van der Waals surface area contributed by atoms with E-state index in [1.165, 1.54) is 9.21 Å². The highest BCUT2D eigenvalue weighted by Gasteiger charge is 2.47. The van der Waals surface area contributed by atoms with E-state index in [4.69, 9.17) is 9.47 Å². The minimum atomic E-state index is -3.93. The standard InChI is InChI=1S/C23H31F2N3O7S/c24-17-1-2-20(25)19(13-17)16-3-8-28(9-4-16)36(32,33)15-23(21(29)26-31)6-10-27(11-7-23)22(30)35-18-5-12-34-14-18/h1-2,13,16,18,31H,3-12,14-15H2,(H,26,29)/t18-/m0/s1. The minimum absolute atomic E-state index is 0.0276. The molecule has 0 aromatic heterocycles. The van der Waals surface area contributed by atoms with Gasteiger partial charge in [-0.05, 0) is 55.4 Å². The van der Waals surface area contributed by atoms with Crippen LogP contribution < -0.4 is 5.48 Å². The summed E-state index contributed by atoms with van der Waals surface area (Å²) in [5.74, 6) is -2.75. The van der Waals surface area contributed by atoms with E-state index in [2.05, 4.69) is 0 Å². The number of sulfonamides is 1. The van der Waals surface area contributed by atoms with Gasteiger partial charge in [0.15, 0.2) is 0 Å². The summed E-state index contributed by atoms with van der Waals surface area (Å²) in [4.78, 5) is 26.5. The van der Waals surface area contributed by atoms with Crippen molar-refractivity contribution in [1.82, 2.24) is 14.7 Å². The Balaban J connectivity index is 1.38. The average Bonchev–Trinajstić information content (AvgIpc) is 3.38. The van der Waals surface area contributed by atoms with Crippen molar-refractivity contribution in [2.24, 2.45) is 5.41 Å². The number of nitrogens with zero attached hydrogens (tertiary/aromatic N) is 2. The van der Waals surface area contributed by atoms with Crippen molar-refractivity contribution < 1.29 is 41.5 Å². The molecule has 3 aliphatic rings. The van der Waals surface area contributed by atoms with Crippen molar-refractivity contribution in [3.8, 4) is 0 Å². The first-order valence-electron chi connectivity index (χ1n) is 12.0. The lowest BCUT2D eigenvalue weighted by atomic mass is 9.79. The summed E-state index contributed by atoms with van der Waals surface area (Å²) in [6.07, 6.45) is 0.413. The molecule has 3 aliphatic heterocycles. The van der Waals surface area contributed by atoms with Gasteiger partial charge in [-0.3, -0.25) is 10.0 Å². The number of hydroxylamine groups is 1. The lowest BCUT2D eigenvalue weighted by molar-refractivity contribution is -0.141. The van der Waals surface area contributed by atoms with Crippen molar-refractivity contribution in [3.05, 3.63) is 35.4 Å². The molecule has 2 amide bonds. The summed E-state index contributed by atoms with van der Waals surface area (Å²) >= 11 is 0. The van der Waals surface area contributed by atoms with Crippen LogP contribution in [-0.4, -0.2) is 86.1 Å². The van der Waals surface area contributed by atoms with Gasteiger partial charge in [-0.2, -0.15) is 0 Å². The molecule has 3 fully saturated rings. The number of hydrogen-bond acceptors (Lipinski definition) is 7. The molecule has 3 heterocycles. The van der Waals surface area contributed by atoms with E-state index < -0.39 is 44.8 Å². The maximum Gasteiger partial charge on any atom is 0.410 e. The Bertz CT molecular complexity index is 1070. The van der Waals surface area contributed by atoms with Crippen molar-refractivity contribution in [1.29, 1.82) is 0 Å². The van der Waals surface area contributed by atoms with Gasteiger partial charge in [0.05, 0.1) is 24.4 Å².